The summed E-state index contributed by atoms with van der Waals surface area (Å²) < 4.78 is 15.7. The minimum Gasteiger partial charge on any atom is -0.463 e. The van der Waals surface area contributed by atoms with Gasteiger partial charge in [-0.05, 0) is 18.9 Å². The molecule has 0 aromatic carbocycles. The van der Waals surface area contributed by atoms with Crippen molar-refractivity contribution in [1.82, 2.24) is 9.80 Å². The Balaban J connectivity index is 1.47. The van der Waals surface area contributed by atoms with Gasteiger partial charge in [0.25, 0.3) is 0 Å². The van der Waals surface area contributed by atoms with E-state index in [0.29, 0.717) is 11.9 Å². The summed E-state index contributed by atoms with van der Waals surface area (Å²) in [5.74, 6) is -0.0821. The predicted molar refractivity (Wildman–Crippen MR) is 80.7 cm³/mol. The minimum absolute atomic E-state index is 0.323. The highest BCUT2D eigenvalue weighted by Gasteiger charge is 2.24. The maximum Gasteiger partial charge on any atom is 0.374 e. The molecule has 1 aromatic heterocycles. The predicted octanol–water partition coefficient (Wildman–Crippen LogP) is 1.36. The van der Waals surface area contributed by atoms with E-state index in [1.54, 1.807) is 6.26 Å². The summed E-state index contributed by atoms with van der Waals surface area (Å²) >= 11 is 0. The van der Waals surface area contributed by atoms with Crippen LogP contribution in [0.1, 0.15) is 29.0 Å². The zero-order valence-electron chi connectivity index (χ0n) is 13.1. The fourth-order valence-electron chi connectivity index (χ4n) is 3.18. The second-order valence-electron chi connectivity index (χ2n) is 5.98. The van der Waals surface area contributed by atoms with Gasteiger partial charge < -0.3 is 13.9 Å². The number of hydrogen-bond donors (Lipinski definition) is 0. The summed E-state index contributed by atoms with van der Waals surface area (Å²) in [6.45, 7) is 6.79. The molecule has 1 unspecified atom stereocenters. The minimum atomic E-state index is -0.406. The highest BCUT2D eigenvalue weighted by atomic mass is 16.5. The van der Waals surface area contributed by atoms with Gasteiger partial charge in [-0.2, -0.15) is 0 Å². The van der Waals surface area contributed by atoms with Crippen LogP contribution in [0, 0.1) is 0 Å². The molecule has 0 bridgehead atoms. The SMILES string of the molecule is COC(=O)c1occc1CN1CCN(CC2CCCO2)CC1. The zero-order valence-corrected chi connectivity index (χ0v) is 13.1. The number of nitrogens with zero attached hydrogens (tertiary/aromatic N) is 2. The molecule has 0 spiro atoms. The van der Waals surface area contributed by atoms with Gasteiger partial charge in [-0.1, -0.05) is 0 Å². The molecule has 0 radical (unpaired) electrons. The second-order valence-corrected chi connectivity index (χ2v) is 5.98. The van der Waals surface area contributed by atoms with Crippen LogP contribution < -0.4 is 0 Å². The summed E-state index contributed by atoms with van der Waals surface area (Å²) in [5.41, 5.74) is 0.902. The number of carbonyl (C=O) groups excluding carboxylic acids is 1. The van der Waals surface area contributed by atoms with E-state index in [0.717, 1.165) is 51.4 Å². The van der Waals surface area contributed by atoms with E-state index in [1.807, 2.05) is 6.07 Å². The molecular weight excluding hydrogens is 284 g/mol. The van der Waals surface area contributed by atoms with E-state index in [-0.39, 0.29) is 0 Å². The van der Waals surface area contributed by atoms with Crippen LogP contribution in [0.2, 0.25) is 0 Å². The Morgan fingerprint density at radius 1 is 1.32 bits per heavy atom. The van der Waals surface area contributed by atoms with Gasteiger partial charge in [0.1, 0.15) is 0 Å². The molecule has 2 aliphatic heterocycles. The normalized spacial score (nSPS) is 23.8. The number of esters is 1. The Hall–Kier alpha value is -1.37. The summed E-state index contributed by atoms with van der Waals surface area (Å²) in [5, 5.41) is 0. The zero-order chi connectivity index (χ0) is 15.4. The summed E-state index contributed by atoms with van der Waals surface area (Å²) in [4.78, 5) is 16.5. The van der Waals surface area contributed by atoms with Crippen molar-refractivity contribution in [2.75, 3.05) is 46.4 Å². The highest BCUT2D eigenvalue weighted by Crippen LogP contribution is 2.17. The molecule has 2 saturated heterocycles. The van der Waals surface area contributed by atoms with Crippen LogP contribution in [-0.4, -0.2) is 68.3 Å². The van der Waals surface area contributed by atoms with E-state index in [4.69, 9.17) is 13.9 Å². The lowest BCUT2D eigenvalue weighted by molar-refractivity contribution is 0.0479. The molecule has 2 aliphatic rings. The molecule has 122 valence electrons. The second kappa shape index (κ2) is 7.26. The van der Waals surface area contributed by atoms with Gasteiger partial charge in [0.15, 0.2) is 0 Å². The van der Waals surface area contributed by atoms with E-state index < -0.39 is 5.97 Å². The summed E-state index contributed by atoms with van der Waals surface area (Å²) in [7, 11) is 1.37. The first kappa shape index (κ1) is 15.5. The average Bonchev–Trinajstić information content (AvgIpc) is 3.20. The van der Waals surface area contributed by atoms with Crippen LogP contribution in [0.3, 0.4) is 0 Å². The quantitative estimate of drug-likeness (QED) is 0.766. The topological polar surface area (TPSA) is 55.2 Å². The van der Waals surface area contributed by atoms with E-state index >= 15 is 0 Å². The lowest BCUT2D eigenvalue weighted by Crippen LogP contribution is -2.48. The first-order chi connectivity index (χ1) is 10.8. The Bertz CT molecular complexity index is 488. The standard InChI is InChI=1S/C16H24N2O4/c1-20-16(19)15-13(4-10-22-15)11-17-5-7-18(8-6-17)12-14-3-2-9-21-14/h4,10,14H,2-3,5-9,11-12H2,1H3. The Morgan fingerprint density at radius 2 is 2.09 bits per heavy atom. The van der Waals surface area contributed by atoms with Crippen molar-refractivity contribution in [3.05, 3.63) is 23.7 Å². The van der Waals surface area contributed by atoms with Gasteiger partial charge in [0, 0.05) is 51.4 Å². The number of methoxy groups -OCH3 is 1. The van der Waals surface area contributed by atoms with Crippen LogP contribution in [0.15, 0.2) is 16.7 Å². The van der Waals surface area contributed by atoms with Gasteiger partial charge in [0.05, 0.1) is 19.5 Å². The van der Waals surface area contributed by atoms with Gasteiger partial charge in [-0.3, -0.25) is 9.80 Å². The van der Waals surface area contributed by atoms with Crippen LogP contribution in [0.4, 0.5) is 0 Å². The van der Waals surface area contributed by atoms with Crippen LogP contribution in [0.5, 0.6) is 0 Å². The number of piperazine rings is 1. The molecule has 0 N–H and O–H groups in total. The fraction of sp³-hybridized carbons (Fsp3) is 0.688. The summed E-state index contributed by atoms with van der Waals surface area (Å²) in [6.07, 6.45) is 4.36. The molecule has 1 aromatic rings. The van der Waals surface area contributed by atoms with Crippen molar-refractivity contribution in [2.24, 2.45) is 0 Å². The third kappa shape index (κ3) is 3.69. The van der Waals surface area contributed by atoms with E-state index in [9.17, 15) is 4.79 Å². The molecule has 1 atom stereocenters. The van der Waals surface area contributed by atoms with Crippen molar-refractivity contribution < 1.29 is 18.7 Å². The maximum absolute atomic E-state index is 11.6. The van der Waals surface area contributed by atoms with Gasteiger partial charge in [-0.25, -0.2) is 4.79 Å². The van der Waals surface area contributed by atoms with Crippen LogP contribution in [-0.2, 0) is 16.0 Å². The van der Waals surface area contributed by atoms with Gasteiger partial charge >= 0.3 is 5.97 Å². The van der Waals surface area contributed by atoms with E-state index in [2.05, 4.69) is 9.80 Å². The van der Waals surface area contributed by atoms with Crippen molar-refractivity contribution in [1.29, 1.82) is 0 Å². The number of ether oxygens (including phenoxy) is 2. The highest BCUT2D eigenvalue weighted by molar-refractivity contribution is 5.87. The Morgan fingerprint density at radius 3 is 2.77 bits per heavy atom. The molecule has 22 heavy (non-hydrogen) atoms. The largest absolute Gasteiger partial charge is 0.463 e. The smallest absolute Gasteiger partial charge is 0.374 e. The fourth-order valence-corrected chi connectivity index (χ4v) is 3.18. The number of rotatable bonds is 5. The average molecular weight is 308 g/mol. The Labute approximate surface area is 131 Å². The summed E-state index contributed by atoms with van der Waals surface area (Å²) in [6, 6.07) is 1.85. The van der Waals surface area contributed by atoms with Gasteiger partial charge in [0.2, 0.25) is 5.76 Å². The number of carbonyl (C=O) groups is 1. The number of furan rings is 1. The monoisotopic (exact) mass is 308 g/mol. The lowest BCUT2D eigenvalue weighted by atomic mass is 10.2. The third-order valence-corrected chi connectivity index (χ3v) is 4.46. The van der Waals surface area contributed by atoms with Gasteiger partial charge in [-0.15, -0.1) is 0 Å². The van der Waals surface area contributed by atoms with Crippen molar-refractivity contribution in [3.63, 3.8) is 0 Å². The molecule has 6 nitrogen and oxygen atoms in total. The maximum atomic E-state index is 11.6. The number of hydrogen-bond acceptors (Lipinski definition) is 6. The Kier molecular flexibility index (Phi) is 5.12. The first-order valence-corrected chi connectivity index (χ1v) is 7.97. The van der Waals surface area contributed by atoms with Crippen molar-refractivity contribution in [3.8, 4) is 0 Å². The molecule has 0 amide bonds. The van der Waals surface area contributed by atoms with Crippen molar-refractivity contribution >= 4 is 5.97 Å². The van der Waals surface area contributed by atoms with Crippen LogP contribution >= 0.6 is 0 Å². The molecular formula is C16H24N2O4. The molecule has 0 aliphatic carbocycles. The lowest BCUT2D eigenvalue weighted by Gasteiger charge is -2.35. The van der Waals surface area contributed by atoms with Crippen LogP contribution in [0.25, 0.3) is 0 Å². The third-order valence-electron chi connectivity index (χ3n) is 4.46. The molecule has 6 heteroatoms. The molecule has 3 rings (SSSR count). The van der Waals surface area contributed by atoms with Crippen molar-refractivity contribution in [2.45, 2.75) is 25.5 Å². The molecule has 2 fully saturated rings. The molecule has 0 saturated carbocycles. The van der Waals surface area contributed by atoms with E-state index in [1.165, 1.54) is 20.0 Å². The molecule has 3 heterocycles. The first-order valence-electron chi connectivity index (χ1n) is 7.97.